The fourth-order valence-corrected chi connectivity index (χ4v) is 8.80. The number of hydrogen-bond donors (Lipinski definition) is 0. The van der Waals surface area contributed by atoms with Gasteiger partial charge in [-0.1, -0.05) is 51.1 Å². The molecule has 0 radical (unpaired) electrons. The van der Waals surface area contributed by atoms with Crippen LogP contribution in [0, 0.1) is 21.7 Å². The van der Waals surface area contributed by atoms with E-state index in [0.29, 0.717) is 22.2 Å². The van der Waals surface area contributed by atoms with Crippen LogP contribution in [0.1, 0.15) is 64.9 Å². The van der Waals surface area contributed by atoms with Gasteiger partial charge >= 0.3 is 0 Å². The minimum absolute atomic E-state index is 0.0748. The van der Waals surface area contributed by atoms with Crippen LogP contribution in [-0.2, 0) is 11.3 Å². The Balaban J connectivity index is 1.28. The number of hydrogen-bond acceptors (Lipinski definition) is 2. The van der Waals surface area contributed by atoms with Crippen molar-refractivity contribution in [2.24, 2.45) is 21.7 Å². The summed E-state index contributed by atoms with van der Waals surface area (Å²) in [6.07, 6.45) is 7.39. The molecule has 3 nitrogen and oxygen atoms in total. The Bertz CT molecular complexity index is 710. The van der Waals surface area contributed by atoms with Gasteiger partial charge in [-0.05, 0) is 60.3 Å². The number of nitrogens with zero attached hydrogens (tertiary/aromatic N) is 2. The maximum atomic E-state index is 13.9. The third kappa shape index (κ3) is 3.10. The summed E-state index contributed by atoms with van der Waals surface area (Å²) in [7, 11) is 0. The van der Waals surface area contributed by atoms with E-state index in [9.17, 15) is 4.79 Å². The summed E-state index contributed by atoms with van der Waals surface area (Å²) in [6.45, 7) is 12.2. The molecule has 152 valence electrons. The van der Waals surface area contributed by atoms with Gasteiger partial charge in [0.05, 0.1) is 5.41 Å². The molecule has 1 aromatic carbocycles. The Morgan fingerprint density at radius 1 is 0.786 bits per heavy atom. The number of carbonyl (C=O) groups is 1. The molecule has 28 heavy (non-hydrogen) atoms. The Morgan fingerprint density at radius 2 is 1.29 bits per heavy atom. The third-order valence-corrected chi connectivity index (χ3v) is 8.22. The Labute approximate surface area is 170 Å². The van der Waals surface area contributed by atoms with Gasteiger partial charge in [0.15, 0.2) is 0 Å². The van der Waals surface area contributed by atoms with Crippen LogP contribution in [0.3, 0.4) is 0 Å². The van der Waals surface area contributed by atoms with Crippen molar-refractivity contribution in [1.29, 1.82) is 0 Å². The summed E-state index contributed by atoms with van der Waals surface area (Å²) >= 11 is 0. The zero-order chi connectivity index (χ0) is 19.6. The van der Waals surface area contributed by atoms with Gasteiger partial charge in [0.25, 0.3) is 0 Å². The van der Waals surface area contributed by atoms with E-state index in [0.717, 1.165) is 52.0 Å². The largest absolute Gasteiger partial charge is 0.340 e. The van der Waals surface area contributed by atoms with Gasteiger partial charge in [-0.2, -0.15) is 0 Å². The molecule has 4 saturated carbocycles. The molecule has 5 fully saturated rings. The molecule has 3 heteroatoms. The van der Waals surface area contributed by atoms with E-state index in [1.54, 1.807) is 0 Å². The van der Waals surface area contributed by atoms with Gasteiger partial charge in [-0.25, -0.2) is 0 Å². The summed E-state index contributed by atoms with van der Waals surface area (Å²) in [4.78, 5) is 18.6. The van der Waals surface area contributed by atoms with Gasteiger partial charge < -0.3 is 4.90 Å². The lowest BCUT2D eigenvalue weighted by molar-refractivity contribution is -0.200. The average Bonchev–Trinajstić information content (AvgIpc) is 2.58. The molecule has 1 amide bonds. The van der Waals surface area contributed by atoms with Gasteiger partial charge in [-0.15, -0.1) is 0 Å². The first-order valence-corrected chi connectivity index (χ1v) is 11.3. The molecular formula is C25H36N2O. The van der Waals surface area contributed by atoms with Crippen molar-refractivity contribution in [3.05, 3.63) is 35.9 Å². The van der Waals surface area contributed by atoms with Crippen LogP contribution in [0.5, 0.6) is 0 Å². The molecule has 4 aliphatic carbocycles. The van der Waals surface area contributed by atoms with Gasteiger partial charge in [0, 0.05) is 32.7 Å². The number of rotatable bonds is 3. The molecule has 1 aliphatic heterocycles. The van der Waals surface area contributed by atoms with E-state index >= 15 is 0 Å². The monoisotopic (exact) mass is 380 g/mol. The van der Waals surface area contributed by atoms with Crippen molar-refractivity contribution in [2.75, 3.05) is 26.2 Å². The average molecular weight is 381 g/mol. The molecule has 1 aromatic rings. The Kier molecular flexibility index (Phi) is 4.05. The van der Waals surface area contributed by atoms with E-state index in [1.165, 1.54) is 24.8 Å². The third-order valence-electron chi connectivity index (χ3n) is 8.22. The van der Waals surface area contributed by atoms with Crippen molar-refractivity contribution < 1.29 is 4.79 Å². The molecule has 0 spiro atoms. The second-order valence-corrected chi connectivity index (χ2v) is 11.8. The van der Waals surface area contributed by atoms with Crippen molar-refractivity contribution in [1.82, 2.24) is 9.80 Å². The molecule has 1 saturated heterocycles. The van der Waals surface area contributed by atoms with Gasteiger partial charge in [0.2, 0.25) is 5.91 Å². The number of carbonyl (C=O) groups excluding carboxylic acids is 1. The lowest BCUT2D eigenvalue weighted by atomic mass is 9.36. The summed E-state index contributed by atoms with van der Waals surface area (Å²) in [5.41, 5.74) is 2.43. The van der Waals surface area contributed by atoms with E-state index in [-0.39, 0.29) is 5.41 Å². The quantitative estimate of drug-likeness (QED) is 0.758. The normalized spacial score (nSPS) is 42.8. The molecule has 0 unspecified atom stereocenters. The van der Waals surface area contributed by atoms with Crippen LogP contribution >= 0.6 is 0 Å². The fourth-order valence-electron chi connectivity index (χ4n) is 8.80. The fraction of sp³-hybridized carbons (Fsp3) is 0.720. The number of piperazine rings is 1. The van der Waals surface area contributed by atoms with Crippen LogP contribution in [0.25, 0.3) is 0 Å². The van der Waals surface area contributed by atoms with Crippen LogP contribution in [0.2, 0.25) is 0 Å². The van der Waals surface area contributed by atoms with Crippen molar-refractivity contribution >= 4 is 5.91 Å². The highest BCUT2D eigenvalue weighted by Crippen LogP contribution is 2.73. The highest BCUT2D eigenvalue weighted by molar-refractivity contribution is 5.84. The molecule has 5 aliphatic rings. The predicted octanol–water partition coefficient (Wildman–Crippen LogP) is 4.72. The van der Waals surface area contributed by atoms with Crippen molar-refractivity contribution in [2.45, 2.75) is 65.8 Å². The minimum atomic E-state index is -0.0748. The molecule has 4 bridgehead atoms. The first-order valence-electron chi connectivity index (χ1n) is 11.3. The Hall–Kier alpha value is -1.35. The first-order chi connectivity index (χ1) is 13.2. The summed E-state index contributed by atoms with van der Waals surface area (Å²) in [6, 6.07) is 10.7. The SMILES string of the molecule is CC12CC3(C)CC(C)(C1)CC(C(=O)N1CCN(Cc4ccccc4)CC1)(C2)C3. The lowest BCUT2D eigenvalue weighted by Crippen LogP contribution is -2.64. The zero-order valence-corrected chi connectivity index (χ0v) is 18.0. The topological polar surface area (TPSA) is 23.6 Å². The molecular weight excluding hydrogens is 344 g/mol. The summed E-state index contributed by atoms with van der Waals surface area (Å²) in [5.74, 6) is 0.495. The second kappa shape index (κ2) is 6.08. The summed E-state index contributed by atoms with van der Waals surface area (Å²) < 4.78 is 0. The molecule has 6 rings (SSSR count). The molecule has 0 atom stereocenters. The lowest BCUT2D eigenvalue weighted by Gasteiger charge is -2.68. The van der Waals surface area contributed by atoms with Crippen LogP contribution < -0.4 is 0 Å². The first kappa shape index (κ1) is 18.7. The van der Waals surface area contributed by atoms with E-state index < -0.39 is 0 Å². The van der Waals surface area contributed by atoms with Crippen molar-refractivity contribution in [3.63, 3.8) is 0 Å². The van der Waals surface area contributed by atoms with Crippen LogP contribution in [-0.4, -0.2) is 41.9 Å². The smallest absolute Gasteiger partial charge is 0.228 e. The van der Waals surface area contributed by atoms with E-state index in [2.05, 4.69) is 60.9 Å². The van der Waals surface area contributed by atoms with Gasteiger partial charge in [0.1, 0.15) is 0 Å². The standard InChI is InChI=1S/C25H36N2O/c1-22-14-23(2)16-24(3,15-22)19-25(17-22,18-23)21(28)27-11-9-26(10-12-27)13-20-7-5-4-6-8-20/h4-8H,9-19H2,1-3H3. The minimum Gasteiger partial charge on any atom is -0.340 e. The van der Waals surface area contributed by atoms with Crippen LogP contribution in [0.15, 0.2) is 30.3 Å². The Morgan fingerprint density at radius 3 is 1.79 bits per heavy atom. The maximum absolute atomic E-state index is 13.9. The maximum Gasteiger partial charge on any atom is 0.228 e. The zero-order valence-electron chi connectivity index (χ0n) is 18.0. The predicted molar refractivity (Wildman–Crippen MR) is 113 cm³/mol. The molecule has 0 N–H and O–H groups in total. The molecule has 0 aromatic heterocycles. The number of benzene rings is 1. The number of amides is 1. The molecule has 1 heterocycles. The van der Waals surface area contributed by atoms with Crippen LogP contribution in [0.4, 0.5) is 0 Å². The summed E-state index contributed by atoms with van der Waals surface area (Å²) in [5, 5.41) is 0. The van der Waals surface area contributed by atoms with E-state index in [1.807, 2.05) is 0 Å². The van der Waals surface area contributed by atoms with E-state index in [4.69, 9.17) is 0 Å². The second-order valence-electron chi connectivity index (χ2n) is 11.8. The van der Waals surface area contributed by atoms with Crippen molar-refractivity contribution in [3.8, 4) is 0 Å². The highest BCUT2D eigenvalue weighted by Gasteiger charge is 2.66. The highest BCUT2D eigenvalue weighted by atomic mass is 16.2. The van der Waals surface area contributed by atoms with Gasteiger partial charge in [-0.3, -0.25) is 9.69 Å².